The third kappa shape index (κ3) is 2.38. The lowest BCUT2D eigenvalue weighted by molar-refractivity contribution is -0.385. The lowest BCUT2D eigenvalue weighted by Gasteiger charge is -2.06. The van der Waals surface area contributed by atoms with Gasteiger partial charge in [-0.1, -0.05) is 17.4 Å². The molecule has 0 bridgehead atoms. The summed E-state index contributed by atoms with van der Waals surface area (Å²) >= 11 is 1.19. The highest BCUT2D eigenvalue weighted by Crippen LogP contribution is 2.33. The number of nitro groups is 1. The van der Waals surface area contributed by atoms with Crippen LogP contribution < -0.4 is 4.74 Å². The average molecular weight is 263 g/mol. The Labute approximate surface area is 107 Å². The molecule has 0 aliphatic rings. The number of hydrogen-bond donors (Lipinski definition) is 0. The summed E-state index contributed by atoms with van der Waals surface area (Å²) < 4.78 is 5.54. The summed E-state index contributed by atoms with van der Waals surface area (Å²) in [7, 11) is 0. The molecule has 92 valence electrons. The second kappa shape index (κ2) is 4.97. The van der Waals surface area contributed by atoms with Gasteiger partial charge < -0.3 is 4.74 Å². The third-order valence-electron chi connectivity index (χ3n) is 2.38. The number of nitro benzene ring substituents is 1. The molecule has 2 rings (SSSR count). The number of nitrogens with zero attached hydrogens (tertiary/aromatic N) is 1. The normalized spacial score (nSPS) is 10.1. The van der Waals surface area contributed by atoms with Crippen molar-refractivity contribution >= 4 is 23.3 Å². The molecule has 0 N–H and O–H groups in total. The van der Waals surface area contributed by atoms with Crippen molar-refractivity contribution in [3.8, 4) is 10.8 Å². The van der Waals surface area contributed by atoms with Crippen LogP contribution in [0.5, 0.6) is 10.8 Å². The number of benzene rings is 1. The van der Waals surface area contributed by atoms with Crippen LogP contribution in [0.4, 0.5) is 5.69 Å². The van der Waals surface area contributed by atoms with Gasteiger partial charge >= 0.3 is 0 Å². The lowest BCUT2D eigenvalue weighted by atomic mass is 10.2. The van der Waals surface area contributed by atoms with Gasteiger partial charge in [0.25, 0.3) is 5.69 Å². The fraction of sp³-hybridized carbons (Fsp3) is 0.0833. The molecular weight excluding hydrogens is 254 g/mol. The summed E-state index contributed by atoms with van der Waals surface area (Å²) in [6, 6.07) is 7.94. The van der Waals surface area contributed by atoms with Gasteiger partial charge in [0.2, 0.25) is 0 Å². The molecule has 0 fully saturated rings. The van der Waals surface area contributed by atoms with E-state index in [1.807, 2.05) is 0 Å². The molecule has 2 aromatic rings. The van der Waals surface area contributed by atoms with Gasteiger partial charge in [-0.15, -0.1) is 0 Å². The van der Waals surface area contributed by atoms with Crippen LogP contribution in [-0.4, -0.2) is 11.2 Å². The second-order valence-corrected chi connectivity index (χ2v) is 4.61. The highest BCUT2D eigenvalue weighted by molar-refractivity contribution is 7.15. The van der Waals surface area contributed by atoms with Crippen molar-refractivity contribution in [2.75, 3.05) is 0 Å². The van der Waals surface area contributed by atoms with Gasteiger partial charge in [0.1, 0.15) is 5.75 Å². The van der Waals surface area contributed by atoms with Gasteiger partial charge in [-0.2, -0.15) is 0 Å². The number of hydrogen-bond acceptors (Lipinski definition) is 5. The van der Waals surface area contributed by atoms with Crippen LogP contribution in [0.25, 0.3) is 0 Å². The third-order valence-corrected chi connectivity index (χ3v) is 3.27. The maximum atomic E-state index is 10.8. The molecule has 1 aromatic heterocycles. The molecule has 0 saturated heterocycles. The molecule has 0 saturated carbocycles. The number of carbonyl (C=O) groups excluding carboxylic acids is 1. The molecular formula is C12H9NO4S. The van der Waals surface area contributed by atoms with Gasteiger partial charge in [-0.05, 0) is 25.1 Å². The molecule has 18 heavy (non-hydrogen) atoms. The number of rotatable bonds is 4. The summed E-state index contributed by atoms with van der Waals surface area (Å²) in [5.41, 5.74) is 0.475. The highest BCUT2D eigenvalue weighted by Gasteiger charge is 2.15. The quantitative estimate of drug-likeness (QED) is 0.480. The summed E-state index contributed by atoms with van der Waals surface area (Å²) in [6.45, 7) is 1.63. The van der Waals surface area contributed by atoms with Gasteiger partial charge in [0.15, 0.2) is 11.3 Å². The average Bonchev–Trinajstić information content (AvgIpc) is 2.79. The van der Waals surface area contributed by atoms with Crippen molar-refractivity contribution < 1.29 is 14.5 Å². The molecule has 1 heterocycles. The van der Waals surface area contributed by atoms with E-state index in [9.17, 15) is 14.9 Å². The molecule has 0 unspecified atom stereocenters. The highest BCUT2D eigenvalue weighted by atomic mass is 32.1. The van der Waals surface area contributed by atoms with E-state index in [0.717, 1.165) is 6.29 Å². The summed E-state index contributed by atoms with van der Waals surface area (Å²) in [5, 5.41) is 11.3. The van der Waals surface area contributed by atoms with Crippen molar-refractivity contribution in [3.05, 3.63) is 50.9 Å². The lowest BCUT2D eigenvalue weighted by Crippen LogP contribution is -1.93. The fourth-order valence-corrected chi connectivity index (χ4v) is 2.16. The summed E-state index contributed by atoms with van der Waals surface area (Å²) in [6.07, 6.45) is 0.734. The molecule has 0 amide bonds. The Bertz CT molecular complexity index is 606. The van der Waals surface area contributed by atoms with Gasteiger partial charge in [0.05, 0.1) is 15.4 Å². The minimum atomic E-state index is -0.451. The van der Waals surface area contributed by atoms with Crippen LogP contribution in [-0.2, 0) is 0 Å². The first-order chi connectivity index (χ1) is 8.61. The predicted molar refractivity (Wildman–Crippen MR) is 67.6 cm³/mol. The van der Waals surface area contributed by atoms with E-state index < -0.39 is 4.92 Å². The Kier molecular flexibility index (Phi) is 3.38. The van der Waals surface area contributed by atoms with Crippen LogP contribution in [0.15, 0.2) is 30.3 Å². The maximum Gasteiger partial charge on any atom is 0.276 e. The maximum absolute atomic E-state index is 10.8. The monoisotopic (exact) mass is 263 g/mol. The Hall–Kier alpha value is -2.21. The first-order valence-electron chi connectivity index (χ1n) is 5.08. The smallest absolute Gasteiger partial charge is 0.276 e. The molecule has 6 heteroatoms. The molecule has 0 spiro atoms. The number of aldehydes is 1. The Morgan fingerprint density at radius 1 is 1.33 bits per heavy atom. The largest absolute Gasteiger partial charge is 0.446 e. The summed E-state index contributed by atoms with van der Waals surface area (Å²) in [5.74, 6) is 0.420. The summed E-state index contributed by atoms with van der Waals surface area (Å²) in [4.78, 5) is 21.4. The number of thiophene rings is 1. The zero-order valence-corrected chi connectivity index (χ0v) is 10.3. The van der Waals surface area contributed by atoms with Crippen LogP contribution in [0, 0.1) is 17.0 Å². The molecule has 1 aromatic carbocycles. The zero-order valence-electron chi connectivity index (χ0n) is 9.45. The van der Waals surface area contributed by atoms with E-state index in [0.29, 0.717) is 21.3 Å². The van der Waals surface area contributed by atoms with Crippen LogP contribution >= 0.6 is 11.3 Å². The van der Waals surface area contributed by atoms with Crippen molar-refractivity contribution in [1.29, 1.82) is 0 Å². The SMILES string of the molecule is Cc1c(Oc2ccc(C=O)s2)cccc1[N+](=O)[O-]. The Morgan fingerprint density at radius 3 is 2.72 bits per heavy atom. The predicted octanol–water partition coefficient (Wildman–Crippen LogP) is 3.57. The van der Waals surface area contributed by atoms with Crippen molar-refractivity contribution in [2.24, 2.45) is 0 Å². The van der Waals surface area contributed by atoms with Crippen LogP contribution in [0.1, 0.15) is 15.2 Å². The minimum Gasteiger partial charge on any atom is -0.446 e. The molecule has 5 nitrogen and oxygen atoms in total. The second-order valence-electron chi connectivity index (χ2n) is 3.53. The number of ether oxygens (including phenoxy) is 1. The zero-order chi connectivity index (χ0) is 13.1. The standard InChI is InChI=1S/C12H9NO4S/c1-8-10(13(15)16)3-2-4-11(8)17-12-6-5-9(7-14)18-12/h2-7H,1H3. The van der Waals surface area contributed by atoms with E-state index in [-0.39, 0.29) is 5.69 Å². The molecule has 0 atom stereocenters. The number of carbonyl (C=O) groups is 1. The first-order valence-corrected chi connectivity index (χ1v) is 5.90. The van der Waals surface area contributed by atoms with Crippen LogP contribution in [0.3, 0.4) is 0 Å². The Balaban J connectivity index is 2.31. The van der Waals surface area contributed by atoms with Gasteiger partial charge in [-0.3, -0.25) is 14.9 Å². The van der Waals surface area contributed by atoms with Gasteiger partial charge in [0, 0.05) is 6.07 Å². The topological polar surface area (TPSA) is 69.4 Å². The molecule has 0 aliphatic carbocycles. The van der Waals surface area contributed by atoms with E-state index in [4.69, 9.17) is 4.74 Å². The minimum absolute atomic E-state index is 0.0136. The van der Waals surface area contributed by atoms with Gasteiger partial charge in [-0.25, -0.2) is 0 Å². The Morgan fingerprint density at radius 2 is 2.11 bits per heavy atom. The van der Waals surface area contributed by atoms with E-state index in [1.54, 1.807) is 31.2 Å². The van der Waals surface area contributed by atoms with Crippen molar-refractivity contribution in [2.45, 2.75) is 6.92 Å². The molecule has 0 radical (unpaired) electrons. The molecule has 0 aliphatic heterocycles. The van der Waals surface area contributed by atoms with E-state index in [1.165, 1.54) is 17.4 Å². The van der Waals surface area contributed by atoms with E-state index in [2.05, 4.69) is 0 Å². The van der Waals surface area contributed by atoms with Crippen molar-refractivity contribution in [3.63, 3.8) is 0 Å². The first kappa shape index (κ1) is 12.3. The van der Waals surface area contributed by atoms with Crippen LogP contribution in [0.2, 0.25) is 0 Å². The fourth-order valence-electron chi connectivity index (χ4n) is 1.47. The van der Waals surface area contributed by atoms with E-state index >= 15 is 0 Å². The van der Waals surface area contributed by atoms with Crippen molar-refractivity contribution in [1.82, 2.24) is 0 Å².